The van der Waals surface area contributed by atoms with Crippen LogP contribution in [-0.4, -0.2) is 36.3 Å². The summed E-state index contributed by atoms with van der Waals surface area (Å²) in [6, 6.07) is 11.3. The second kappa shape index (κ2) is 7.16. The smallest absolute Gasteiger partial charge is 0.274 e. The number of aromatic nitrogens is 2. The second-order valence-corrected chi connectivity index (χ2v) is 7.16. The summed E-state index contributed by atoms with van der Waals surface area (Å²) in [7, 11) is 5.69. The van der Waals surface area contributed by atoms with E-state index in [-0.39, 0.29) is 23.2 Å². The summed E-state index contributed by atoms with van der Waals surface area (Å²) in [6.07, 6.45) is 0. The first-order valence-electron chi connectivity index (χ1n) is 8.06. The zero-order valence-corrected chi connectivity index (χ0v) is 15.3. The maximum Gasteiger partial charge on any atom is 0.274 e. The number of aryl methyl sites for hydroxylation is 1. The molecule has 0 unspecified atom stereocenters. The van der Waals surface area contributed by atoms with Crippen molar-refractivity contribution < 1.29 is 9.69 Å². The van der Waals surface area contributed by atoms with Gasteiger partial charge in [-0.1, -0.05) is 24.3 Å². The number of hydrogen-bond acceptors (Lipinski definition) is 4. The fraction of sp³-hybridized carbons (Fsp3) is 0.278. The minimum Gasteiger partial charge on any atom is -0.344 e. The molecule has 3 aromatic rings. The number of fused-ring (bicyclic) bond motifs is 1. The monoisotopic (exact) mass is 357 g/mol. The van der Waals surface area contributed by atoms with E-state index in [0.29, 0.717) is 17.3 Å². The molecule has 6 nitrogen and oxygen atoms in total. The third kappa shape index (κ3) is 3.47. The van der Waals surface area contributed by atoms with Gasteiger partial charge in [-0.2, -0.15) is 5.10 Å². The molecular weight excluding hydrogens is 336 g/mol. The van der Waals surface area contributed by atoms with Crippen LogP contribution in [0.3, 0.4) is 0 Å². The van der Waals surface area contributed by atoms with Crippen molar-refractivity contribution in [3.05, 3.63) is 62.7 Å². The SMILES string of the molecule is Cn1nc(C(=O)NC[C@@H](c2cccs2)[NH+](C)C)c2ccccc2c1=O. The van der Waals surface area contributed by atoms with Crippen LogP contribution in [0.4, 0.5) is 0 Å². The van der Waals surface area contributed by atoms with Gasteiger partial charge in [0.15, 0.2) is 5.69 Å². The maximum atomic E-state index is 12.7. The lowest BCUT2D eigenvalue weighted by atomic mass is 10.1. The van der Waals surface area contributed by atoms with Crippen molar-refractivity contribution in [3.8, 4) is 0 Å². The summed E-state index contributed by atoms with van der Waals surface area (Å²) in [5.74, 6) is -0.269. The molecule has 2 heterocycles. The molecule has 2 aromatic heterocycles. The van der Waals surface area contributed by atoms with E-state index >= 15 is 0 Å². The van der Waals surface area contributed by atoms with Gasteiger partial charge < -0.3 is 10.2 Å². The van der Waals surface area contributed by atoms with Gasteiger partial charge in [0.25, 0.3) is 11.5 Å². The topological polar surface area (TPSA) is 68.4 Å². The minimum absolute atomic E-state index is 0.169. The molecule has 0 radical (unpaired) electrons. The van der Waals surface area contributed by atoms with Crippen LogP contribution in [0.25, 0.3) is 10.8 Å². The van der Waals surface area contributed by atoms with Crippen molar-refractivity contribution in [3.63, 3.8) is 0 Å². The summed E-state index contributed by atoms with van der Waals surface area (Å²) in [5.41, 5.74) is 0.0673. The molecule has 0 aliphatic rings. The number of amides is 1. The van der Waals surface area contributed by atoms with Crippen LogP contribution < -0.4 is 15.8 Å². The van der Waals surface area contributed by atoms with Gasteiger partial charge in [-0.25, -0.2) is 4.68 Å². The molecule has 1 aromatic carbocycles. The Kier molecular flexibility index (Phi) is 4.96. The number of thiophene rings is 1. The van der Waals surface area contributed by atoms with Gasteiger partial charge in [-0.05, 0) is 17.5 Å². The quantitative estimate of drug-likeness (QED) is 0.703. The fourth-order valence-electron chi connectivity index (χ4n) is 2.82. The van der Waals surface area contributed by atoms with Crippen LogP contribution in [0.5, 0.6) is 0 Å². The second-order valence-electron chi connectivity index (χ2n) is 6.18. The largest absolute Gasteiger partial charge is 0.344 e. The summed E-state index contributed by atoms with van der Waals surface area (Å²) < 4.78 is 1.21. The molecule has 0 saturated heterocycles. The van der Waals surface area contributed by atoms with Crippen molar-refractivity contribution >= 4 is 28.0 Å². The first-order chi connectivity index (χ1) is 12.0. The fourth-order valence-corrected chi connectivity index (χ4v) is 3.78. The summed E-state index contributed by atoms with van der Waals surface area (Å²) >= 11 is 1.68. The van der Waals surface area contributed by atoms with Crippen LogP contribution in [0.2, 0.25) is 0 Å². The van der Waals surface area contributed by atoms with Crippen molar-refractivity contribution in [1.82, 2.24) is 15.1 Å². The number of nitrogens with one attached hydrogen (secondary N) is 2. The van der Waals surface area contributed by atoms with E-state index in [1.54, 1.807) is 42.6 Å². The van der Waals surface area contributed by atoms with Gasteiger partial charge in [0.05, 0.1) is 30.9 Å². The average molecular weight is 357 g/mol. The van der Waals surface area contributed by atoms with Crippen LogP contribution in [0.15, 0.2) is 46.6 Å². The highest BCUT2D eigenvalue weighted by Crippen LogP contribution is 2.16. The Balaban J connectivity index is 1.88. The Morgan fingerprint density at radius 3 is 2.60 bits per heavy atom. The Hall–Kier alpha value is -2.51. The Morgan fingerprint density at radius 2 is 1.96 bits per heavy atom. The molecule has 0 aliphatic heterocycles. The zero-order chi connectivity index (χ0) is 18.0. The van der Waals surface area contributed by atoms with Gasteiger partial charge in [0.2, 0.25) is 0 Å². The standard InChI is InChI=1S/C18H20N4O2S/c1-21(2)14(15-9-6-10-25-15)11-19-17(23)16-12-7-4-5-8-13(12)18(24)22(3)20-16/h4-10,14H,11H2,1-3H3,(H,19,23)/p+1/t14-/m0/s1. The van der Waals surface area contributed by atoms with Crippen LogP contribution in [0, 0.1) is 0 Å². The molecule has 0 spiro atoms. The maximum absolute atomic E-state index is 12.7. The number of carbonyl (C=O) groups excluding carboxylic acids is 1. The van der Waals surface area contributed by atoms with E-state index in [1.165, 1.54) is 14.5 Å². The molecule has 130 valence electrons. The van der Waals surface area contributed by atoms with Crippen LogP contribution in [-0.2, 0) is 7.05 Å². The molecule has 2 N–H and O–H groups in total. The lowest BCUT2D eigenvalue weighted by molar-refractivity contribution is -0.890. The van der Waals surface area contributed by atoms with E-state index in [9.17, 15) is 9.59 Å². The van der Waals surface area contributed by atoms with Gasteiger partial charge in [0, 0.05) is 12.4 Å². The number of benzene rings is 1. The van der Waals surface area contributed by atoms with E-state index in [0.717, 1.165) is 0 Å². The van der Waals surface area contributed by atoms with Crippen molar-refractivity contribution in [2.24, 2.45) is 7.05 Å². The lowest BCUT2D eigenvalue weighted by Crippen LogP contribution is -3.06. The van der Waals surface area contributed by atoms with E-state index in [2.05, 4.69) is 30.6 Å². The first-order valence-corrected chi connectivity index (χ1v) is 8.94. The van der Waals surface area contributed by atoms with Gasteiger partial charge >= 0.3 is 0 Å². The van der Waals surface area contributed by atoms with Crippen molar-refractivity contribution in [1.29, 1.82) is 0 Å². The lowest BCUT2D eigenvalue weighted by Gasteiger charge is -2.20. The minimum atomic E-state index is -0.269. The highest BCUT2D eigenvalue weighted by molar-refractivity contribution is 7.10. The molecule has 1 amide bonds. The number of nitrogens with zero attached hydrogens (tertiary/aromatic N) is 2. The summed E-state index contributed by atoms with van der Waals surface area (Å²) in [4.78, 5) is 27.4. The van der Waals surface area contributed by atoms with Gasteiger partial charge in [0.1, 0.15) is 6.04 Å². The van der Waals surface area contributed by atoms with E-state index in [4.69, 9.17) is 0 Å². The Labute approximate surface area is 149 Å². The molecule has 0 aliphatic carbocycles. The third-order valence-electron chi connectivity index (χ3n) is 4.22. The Bertz CT molecular complexity index is 947. The highest BCUT2D eigenvalue weighted by atomic mass is 32.1. The van der Waals surface area contributed by atoms with Crippen LogP contribution >= 0.6 is 11.3 Å². The van der Waals surface area contributed by atoms with Crippen LogP contribution in [0.1, 0.15) is 21.4 Å². The van der Waals surface area contributed by atoms with E-state index in [1.807, 2.05) is 11.4 Å². The molecule has 3 rings (SSSR count). The summed E-state index contributed by atoms with van der Waals surface area (Å²) in [6.45, 7) is 0.501. The van der Waals surface area contributed by atoms with Crippen molar-refractivity contribution in [2.45, 2.75) is 6.04 Å². The van der Waals surface area contributed by atoms with Crippen molar-refractivity contribution in [2.75, 3.05) is 20.6 Å². The molecule has 0 bridgehead atoms. The number of hydrogen-bond donors (Lipinski definition) is 2. The molecule has 1 atom stereocenters. The molecule has 25 heavy (non-hydrogen) atoms. The first kappa shape index (κ1) is 17.3. The third-order valence-corrected chi connectivity index (χ3v) is 5.21. The predicted octanol–water partition coefficient (Wildman–Crippen LogP) is 0.611. The summed E-state index contributed by atoms with van der Waals surface area (Å²) in [5, 5.41) is 10.3. The molecule has 0 fully saturated rings. The normalized spacial score (nSPS) is 12.5. The molecule has 0 saturated carbocycles. The number of carbonyl (C=O) groups is 1. The zero-order valence-electron chi connectivity index (χ0n) is 14.4. The number of likely N-dealkylation sites (N-methyl/N-ethyl adjacent to an activating group) is 1. The van der Waals surface area contributed by atoms with Gasteiger partial charge in [-0.15, -0.1) is 11.3 Å². The van der Waals surface area contributed by atoms with E-state index < -0.39 is 0 Å². The highest BCUT2D eigenvalue weighted by Gasteiger charge is 2.22. The number of rotatable bonds is 5. The Morgan fingerprint density at radius 1 is 1.24 bits per heavy atom. The predicted molar refractivity (Wildman–Crippen MR) is 99.2 cm³/mol. The number of quaternary nitrogens is 1. The average Bonchev–Trinajstić information content (AvgIpc) is 3.12. The molecular formula is C18H21N4O2S+. The van der Waals surface area contributed by atoms with Gasteiger partial charge in [-0.3, -0.25) is 9.59 Å². The molecule has 7 heteroatoms.